The van der Waals surface area contributed by atoms with Crippen LogP contribution in [0.2, 0.25) is 0 Å². The van der Waals surface area contributed by atoms with Crippen LogP contribution in [-0.2, 0) is 6.18 Å². The molecule has 4 nitrogen and oxygen atoms in total. The molecule has 1 aliphatic carbocycles. The number of hydrogen-bond donors (Lipinski definition) is 2. The minimum absolute atomic E-state index is 0.0933. The van der Waals surface area contributed by atoms with Gasteiger partial charge in [-0.2, -0.15) is 13.2 Å². The van der Waals surface area contributed by atoms with Gasteiger partial charge >= 0.3 is 6.18 Å². The summed E-state index contributed by atoms with van der Waals surface area (Å²) >= 11 is 0. The van der Waals surface area contributed by atoms with Gasteiger partial charge in [-0.3, -0.25) is 9.78 Å². The van der Waals surface area contributed by atoms with Crippen LogP contribution in [0.1, 0.15) is 41.7 Å². The summed E-state index contributed by atoms with van der Waals surface area (Å²) in [7, 11) is 0. The average Bonchev–Trinajstić information content (AvgIpc) is 2.44. The summed E-state index contributed by atoms with van der Waals surface area (Å²) in [6, 6.07) is 1.99. The average molecular weight is 302 g/mol. The van der Waals surface area contributed by atoms with E-state index in [2.05, 4.69) is 10.3 Å². The summed E-state index contributed by atoms with van der Waals surface area (Å²) in [4.78, 5) is 15.4. The third kappa shape index (κ3) is 4.17. The van der Waals surface area contributed by atoms with E-state index in [0.717, 1.165) is 37.6 Å². The molecular formula is C14H17F3N2O2. The van der Waals surface area contributed by atoms with Crippen molar-refractivity contribution in [3.63, 3.8) is 0 Å². The lowest BCUT2D eigenvalue weighted by Gasteiger charge is -2.25. The fourth-order valence-corrected chi connectivity index (χ4v) is 2.58. The van der Waals surface area contributed by atoms with Crippen molar-refractivity contribution in [2.24, 2.45) is 5.92 Å². The topological polar surface area (TPSA) is 62.2 Å². The van der Waals surface area contributed by atoms with Crippen LogP contribution in [0.15, 0.2) is 18.3 Å². The van der Waals surface area contributed by atoms with Crippen LogP contribution in [0.3, 0.4) is 0 Å². The van der Waals surface area contributed by atoms with E-state index in [9.17, 15) is 23.1 Å². The van der Waals surface area contributed by atoms with Crippen molar-refractivity contribution in [2.75, 3.05) is 6.54 Å². The Morgan fingerprint density at radius 1 is 1.43 bits per heavy atom. The van der Waals surface area contributed by atoms with Crippen LogP contribution in [0.25, 0.3) is 0 Å². The van der Waals surface area contributed by atoms with E-state index >= 15 is 0 Å². The predicted octanol–water partition coefficient (Wildman–Crippen LogP) is 2.38. The number of aromatic nitrogens is 1. The molecule has 0 radical (unpaired) electrons. The Hall–Kier alpha value is -1.63. The lowest BCUT2D eigenvalue weighted by atomic mass is 9.87. The molecule has 1 fully saturated rings. The molecule has 1 amide bonds. The number of amides is 1. The number of pyridine rings is 1. The Morgan fingerprint density at radius 3 is 2.86 bits per heavy atom. The quantitative estimate of drug-likeness (QED) is 0.901. The molecule has 7 heteroatoms. The highest BCUT2D eigenvalue weighted by atomic mass is 19.4. The predicted molar refractivity (Wildman–Crippen MR) is 69.5 cm³/mol. The summed E-state index contributed by atoms with van der Waals surface area (Å²) in [5.41, 5.74) is -1.65. The van der Waals surface area contributed by atoms with Crippen molar-refractivity contribution in [1.82, 2.24) is 10.3 Å². The number of aliphatic hydroxyl groups is 1. The molecule has 116 valence electrons. The van der Waals surface area contributed by atoms with E-state index in [1.54, 1.807) is 0 Å². The van der Waals surface area contributed by atoms with Crippen molar-refractivity contribution in [3.05, 3.63) is 29.6 Å². The zero-order valence-corrected chi connectivity index (χ0v) is 11.4. The second kappa shape index (κ2) is 6.43. The minimum Gasteiger partial charge on any atom is -0.393 e. The van der Waals surface area contributed by atoms with Crippen LogP contribution in [0.4, 0.5) is 13.2 Å². The molecule has 1 aliphatic rings. The molecule has 0 aliphatic heterocycles. The zero-order chi connectivity index (χ0) is 15.5. The molecule has 1 aromatic heterocycles. The number of carbonyl (C=O) groups is 1. The second-order valence-electron chi connectivity index (χ2n) is 5.29. The Kier molecular flexibility index (Phi) is 4.82. The van der Waals surface area contributed by atoms with Gasteiger partial charge in [0, 0.05) is 12.7 Å². The Bertz CT molecular complexity index is 505. The van der Waals surface area contributed by atoms with Crippen LogP contribution in [-0.4, -0.2) is 28.6 Å². The van der Waals surface area contributed by atoms with Gasteiger partial charge in [0.25, 0.3) is 5.91 Å². The first-order chi connectivity index (χ1) is 9.88. The van der Waals surface area contributed by atoms with Gasteiger partial charge < -0.3 is 10.4 Å². The maximum absolute atomic E-state index is 12.8. The highest BCUT2D eigenvalue weighted by molar-refractivity contribution is 5.93. The smallest absolute Gasteiger partial charge is 0.393 e. The van der Waals surface area contributed by atoms with E-state index in [-0.39, 0.29) is 18.6 Å². The van der Waals surface area contributed by atoms with E-state index in [1.807, 2.05) is 0 Å². The second-order valence-corrected chi connectivity index (χ2v) is 5.29. The summed E-state index contributed by atoms with van der Waals surface area (Å²) in [6.07, 6.45) is -0.819. The molecule has 0 spiro atoms. The fraction of sp³-hybridized carbons (Fsp3) is 0.571. The highest BCUT2D eigenvalue weighted by Gasteiger charge is 2.36. The van der Waals surface area contributed by atoms with E-state index in [4.69, 9.17) is 0 Å². The van der Waals surface area contributed by atoms with Crippen LogP contribution in [0, 0.1) is 5.92 Å². The molecule has 2 atom stereocenters. The van der Waals surface area contributed by atoms with Crippen molar-refractivity contribution in [1.29, 1.82) is 0 Å². The van der Waals surface area contributed by atoms with Crippen molar-refractivity contribution < 1.29 is 23.1 Å². The maximum atomic E-state index is 12.8. The normalized spacial score (nSPS) is 22.9. The maximum Gasteiger partial charge on any atom is 0.418 e. The zero-order valence-electron chi connectivity index (χ0n) is 11.4. The lowest BCUT2D eigenvalue weighted by Crippen LogP contribution is -2.34. The monoisotopic (exact) mass is 302 g/mol. The van der Waals surface area contributed by atoms with Gasteiger partial charge in [-0.15, -0.1) is 0 Å². The highest BCUT2D eigenvalue weighted by Crippen LogP contribution is 2.31. The summed E-state index contributed by atoms with van der Waals surface area (Å²) in [5.74, 6) is -0.737. The number of carbonyl (C=O) groups excluding carboxylic acids is 1. The molecular weight excluding hydrogens is 285 g/mol. The molecule has 2 N–H and O–H groups in total. The largest absolute Gasteiger partial charge is 0.418 e. The number of aliphatic hydroxyl groups excluding tert-OH is 1. The number of alkyl halides is 3. The van der Waals surface area contributed by atoms with Crippen LogP contribution in [0.5, 0.6) is 0 Å². The van der Waals surface area contributed by atoms with Crippen molar-refractivity contribution in [2.45, 2.75) is 38.0 Å². The summed E-state index contributed by atoms with van der Waals surface area (Å²) < 4.78 is 38.4. The molecule has 0 aromatic carbocycles. The number of nitrogens with one attached hydrogen (secondary N) is 1. The Balaban J connectivity index is 2.01. The van der Waals surface area contributed by atoms with Gasteiger partial charge in [0.15, 0.2) is 0 Å². The molecule has 0 bridgehead atoms. The summed E-state index contributed by atoms with van der Waals surface area (Å²) in [6.45, 7) is 0.254. The molecule has 21 heavy (non-hydrogen) atoms. The van der Waals surface area contributed by atoms with Crippen LogP contribution < -0.4 is 5.32 Å². The summed E-state index contributed by atoms with van der Waals surface area (Å²) in [5, 5.41) is 12.0. The van der Waals surface area contributed by atoms with Gasteiger partial charge in [-0.05, 0) is 37.3 Å². The van der Waals surface area contributed by atoms with Gasteiger partial charge in [0.1, 0.15) is 5.69 Å². The number of halogens is 3. The van der Waals surface area contributed by atoms with Crippen molar-refractivity contribution >= 4 is 5.91 Å². The first-order valence-electron chi connectivity index (χ1n) is 6.86. The Morgan fingerprint density at radius 2 is 2.19 bits per heavy atom. The molecule has 1 heterocycles. The molecule has 2 rings (SSSR count). The molecule has 1 aromatic rings. The fourth-order valence-electron chi connectivity index (χ4n) is 2.58. The minimum atomic E-state index is -4.61. The van der Waals surface area contributed by atoms with Gasteiger partial charge in [0.2, 0.25) is 0 Å². The van der Waals surface area contributed by atoms with E-state index in [0.29, 0.717) is 6.42 Å². The number of nitrogens with zero attached hydrogens (tertiary/aromatic N) is 1. The number of rotatable bonds is 3. The number of hydrogen-bond acceptors (Lipinski definition) is 3. The van der Waals surface area contributed by atoms with Gasteiger partial charge in [-0.1, -0.05) is 6.42 Å². The van der Waals surface area contributed by atoms with E-state index in [1.165, 1.54) is 0 Å². The molecule has 2 unspecified atom stereocenters. The Labute approximate surface area is 120 Å². The molecule has 0 saturated heterocycles. The standard InChI is InChI=1S/C14H17F3N2O2/c15-14(16,17)11-5-2-6-18-12(11)13(21)19-8-9-3-1-4-10(20)7-9/h2,5-6,9-10,20H,1,3-4,7-8H2,(H,19,21). The third-order valence-corrected chi connectivity index (χ3v) is 3.63. The molecule has 1 saturated carbocycles. The van der Waals surface area contributed by atoms with Gasteiger partial charge in [0.05, 0.1) is 11.7 Å². The third-order valence-electron chi connectivity index (χ3n) is 3.63. The van der Waals surface area contributed by atoms with Crippen LogP contribution >= 0.6 is 0 Å². The first kappa shape index (κ1) is 15.8. The lowest BCUT2D eigenvalue weighted by molar-refractivity contribution is -0.138. The van der Waals surface area contributed by atoms with Crippen molar-refractivity contribution in [3.8, 4) is 0 Å². The van der Waals surface area contributed by atoms with E-state index < -0.39 is 23.3 Å². The SMILES string of the molecule is O=C(NCC1CCCC(O)C1)c1ncccc1C(F)(F)F. The first-order valence-corrected chi connectivity index (χ1v) is 6.86. The van der Waals surface area contributed by atoms with Gasteiger partial charge in [-0.25, -0.2) is 0 Å².